The Hall–Kier alpha value is -1.58. The molecule has 2 aromatic rings. The molecule has 1 aromatic carbocycles. The molecular formula is C11H7F7N2S. The lowest BCUT2D eigenvalue weighted by Gasteiger charge is -2.14. The summed E-state index contributed by atoms with van der Waals surface area (Å²) in [4.78, 5) is 3.68. The number of nitrogens with one attached hydrogen (secondary N) is 1. The maximum atomic E-state index is 12.7. The Morgan fingerprint density at radius 2 is 1.81 bits per heavy atom. The largest absolute Gasteiger partial charge is 0.416 e. The smallest absolute Gasteiger partial charge is 0.355 e. The summed E-state index contributed by atoms with van der Waals surface area (Å²) in [5.74, 6) is -4.24. The fourth-order valence-corrected chi connectivity index (χ4v) is 2.29. The fourth-order valence-electron chi connectivity index (χ4n) is 1.45. The van der Waals surface area contributed by atoms with Crippen LogP contribution in [0.1, 0.15) is 5.56 Å². The van der Waals surface area contributed by atoms with Crippen LogP contribution in [-0.4, -0.2) is 23.9 Å². The zero-order chi connectivity index (χ0) is 15.8. The SMILES string of the molecule is FC(F)C(F)(F)CNc1nc2cc(C(F)(F)F)ccc2s1. The minimum Gasteiger partial charge on any atom is -0.355 e. The topological polar surface area (TPSA) is 24.9 Å². The van der Waals surface area contributed by atoms with Gasteiger partial charge in [0.2, 0.25) is 0 Å². The van der Waals surface area contributed by atoms with Gasteiger partial charge in [-0.1, -0.05) is 11.3 Å². The van der Waals surface area contributed by atoms with Crippen molar-refractivity contribution >= 4 is 26.7 Å². The Kier molecular flexibility index (Phi) is 4.00. The average Bonchev–Trinajstić information content (AvgIpc) is 2.77. The molecule has 0 aliphatic carbocycles. The van der Waals surface area contributed by atoms with Gasteiger partial charge in [-0.3, -0.25) is 0 Å². The summed E-state index contributed by atoms with van der Waals surface area (Å²) in [5.41, 5.74) is -0.970. The minimum atomic E-state index is -4.55. The number of halogens is 7. The standard InChI is InChI=1S/C11H7F7N2S/c12-8(13)10(14,15)4-19-9-20-6-3-5(11(16,17)18)1-2-7(6)21-9/h1-3,8H,4H2,(H,19,20). The highest BCUT2D eigenvalue weighted by Crippen LogP contribution is 2.34. The number of hydrogen-bond acceptors (Lipinski definition) is 3. The van der Waals surface area contributed by atoms with Crippen LogP contribution >= 0.6 is 11.3 Å². The average molecular weight is 332 g/mol. The van der Waals surface area contributed by atoms with Gasteiger partial charge in [-0.15, -0.1) is 0 Å². The Bertz CT molecular complexity index is 635. The molecule has 21 heavy (non-hydrogen) atoms. The maximum Gasteiger partial charge on any atom is 0.416 e. The van der Waals surface area contributed by atoms with Gasteiger partial charge in [-0.2, -0.15) is 22.0 Å². The number of nitrogens with zero attached hydrogens (tertiary/aromatic N) is 1. The van der Waals surface area contributed by atoms with Gasteiger partial charge in [0.15, 0.2) is 5.13 Å². The van der Waals surface area contributed by atoms with E-state index in [0.717, 1.165) is 29.5 Å². The van der Waals surface area contributed by atoms with Crippen molar-refractivity contribution in [3.8, 4) is 0 Å². The van der Waals surface area contributed by atoms with Crippen molar-refractivity contribution in [2.75, 3.05) is 11.9 Å². The molecule has 0 unspecified atom stereocenters. The number of alkyl halides is 7. The van der Waals surface area contributed by atoms with E-state index in [1.54, 1.807) is 0 Å². The van der Waals surface area contributed by atoms with Crippen LogP contribution in [0.2, 0.25) is 0 Å². The predicted molar refractivity (Wildman–Crippen MR) is 64.1 cm³/mol. The first-order chi connectivity index (χ1) is 9.59. The third kappa shape index (κ3) is 3.55. The molecular weight excluding hydrogens is 325 g/mol. The Morgan fingerprint density at radius 1 is 1.14 bits per heavy atom. The monoisotopic (exact) mass is 332 g/mol. The predicted octanol–water partition coefficient (Wildman–Crippen LogP) is 4.63. The van der Waals surface area contributed by atoms with Crippen LogP contribution < -0.4 is 5.32 Å². The summed E-state index contributed by atoms with van der Waals surface area (Å²) in [7, 11) is 0. The summed E-state index contributed by atoms with van der Waals surface area (Å²) in [6.45, 7) is -1.35. The van der Waals surface area contributed by atoms with Crippen LogP contribution in [0.3, 0.4) is 0 Å². The molecule has 0 aliphatic heterocycles. The quantitative estimate of drug-likeness (QED) is 0.826. The molecule has 0 saturated carbocycles. The second kappa shape index (κ2) is 5.32. The van der Waals surface area contributed by atoms with E-state index in [2.05, 4.69) is 4.98 Å². The molecule has 0 amide bonds. The van der Waals surface area contributed by atoms with E-state index in [-0.39, 0.29) is 10.6 Å². The fraction of sp³-hybridized carbons (Fsp3) is 0.364. The van der Waals surface area contributed by atoms with E-state index < -0.39 is 30.6 Å². The van der Waals surface area contributed by atoms with Crippen LogP contribution in [0.25, 0.3) is 10.2 Å². The minimum absolute atomic E-state index is 0.0438. The highest BCUT2D eigenvalue weighted by molar-refractivity contribution is 7.22. The van der Waals surface area contributed by atoms with E-state index in [9.17, 15) is 30.7 Å². The van der Waals surface area contributed by atoms with Gasteiger partial charge in [0, 0.05) is 0 Å². The van der Waals surface area contributed by atoms with Gasteiger partial charge in [0.25, 0.3) is 0 Å². The van der Waals surface area contributed by atoms with E-state index in [0.29, 0.717) is 4.70 Å². The number of rotatable bonds is 4. The Labute approximate surface area is 117 Å². The summed E-state index contributed by atoms with van der Waals surface area (Å²) in [6.07, 6.45) is -8.38. The number of anilines is 1. The van der Waals surface area contributed by atoms with Crippen LogP contribution in [0.4, 0.5) is 35.9 Å². The summed E-state index contributed by atoms with van der Waals surface area (Å²) >= 11 is 0.801. The van der Waals surface area contributed by atoms with Gasteiger partial charge in [0.05, 0.1) is 22.3 Å². The normalized spacial score (nSPS) is 13.1. The van der Waals surface area contributed by atoms with Crippen LogP contribution in [0.15, 0.2) is 18.2 Å². The van der Waals surface area contributed by atoms with E-state index >= 15 is 0 Å². The number of hydrogen-bond donors (Lipinski definition) is 1. The summed E-state index contributed by atoms with van der Waals surface area (Å²) in [5, 5.41) is 1.86. The molecule has 1 heterocycles. The number of fused-ring (bicyclic) bond motifs is 1. The van der Waals surface area contributed by atoms with Gasteiger partial charge < -0.3 is 5.32 Å². The molecule has 0 fully saturated rings. The van der Waals surface area contributed by atoms with Crippen molar-refractivity contribution in [3.05, 3.63) is 23.8 Å². The first-order valence-corrected chi connectivity index (χ1v) is 6.29. The summed E-state index contributed by atoms with van der Waals surface area (Å²) in [6, 6.07) is 2.74. The third-order valence-electron chi connectivity index (χ3n) is 2.51. The second-order valence-corrected chi connectivity index (χ2v) is 5.15. The van der Waals surface area contributed by atoms with Crippen molar-refractivity contribution in [1.82, 2.24) is 4.98 Å². The van der Waals surface area contributed by atoms with Crippen molar-refractivity contribution in [1.29, 1.82) is 0 Å². The molecule has 0 aliphatic rings. The van der Waals surface area contributed by atoms with E-state index in [1.165, 1.54) is 0 Å². The molecule has 1 aromatic heterocycles. The molecule has 0 radical (unpaired) electrons. The van der Waals surface area contributed by atoms with Crippen molar-refractivity contribution in [2.24, 2.45) is 0 Å². The first-order valence-electron chi connectivity index (χ1n) is 5.47. The molecule has 0 bridgehead atoms. The second-order valence-electron chi connectivity index (χ2n) is 4.11. The molecule has 0 saturated heterocycles. The van der Waals surface area contributed by atoms with Gasteiger partial charge in [0.1, 0.15) is 0 Å². The number of thiazole rings is 1. The zero-order valence-electron chi connectivity index (χ0n) is 10.0. The Balaban J connectivity index is 2.20. The lowest BCUT2D eigenvalue weighted by atomic mass is 10.2. The van der Waals surface area contributed by atoms with Gasteiger partial charge in [-0.25, -0.2) is 13.8 Å². The highest BCUT2D eigenvalue weighted by atomic mass is 32.1. The molecule has 1 N–H and O–H groups in total. The summed E-state index contributed by atoms with van der Waals surface area (Å²) < 4.78 is 87.2. The molecule has 116 valence electrons. The maximum absolute atomic E-state index is 12.7. The lowest BCUT2D eigenvalue weighted by Crippen LogP contribution is -2.34. The van der Waals surface area contributed by atoms with E-state index in [4.69, 9.17) is 0 Å². The first kappa shape index (κ1) is 15.8. The lowest BCUT2D eigenvalue weighted by molar-refractivity contribution is -0.137. The van der Waals surface area contributed by atoms with E-state index in [1.807, 2.05) is 5.32 Å². The van der Waals surface area contributed by atoms with Crippen molar-refractivity contribution < 1.29 is 30.7 Å². The van der Waals surface area contributed by atoms with Crippen molar-refractivity contribution in [2.45, 2.75) is 18.5 Å². The zero-order valence-corrected chi connectivity index (χ0v) is 10.8. The van der Waals surface area contributed by atoms with Crippen LogP contribution in [-0.2, 0) is 6.18 Å². The molecule has 0 atom stereocenters. The number of aromatic nitrogens is 1. The van der Waals surface area contributed by atoms with Gasteiger partial charge in [-0.05, 0) is 18.2 Å². The molecule has 2 nitrogen and oxygen atoms in total. The Morgan fingerprint density at radius 3 is 2.38 bits per heavy atom. The molecule has 0 spiro atoms. The third-order valence-corrected chi connectivity index (χ3v) is 3.50. The molecule has 2 rings (SSSR count). The van der Waals surface area contributed by atoms with Gasteiger partial charge >= 0.3 is 18.5 Å². The number of benzene rings is 1. The molecule has 10 heteroatoms. The van der Waals surface area contributed by atoms with Crippen LogP contribution in [0.5, 0.6) is 0 Å². The van der Waals surface area contributed by atoms with Crippen LogP contribution in [0, 0.1) is 0 Å². The van der Waals surface area contributed by atoms with Crippen molar-refractivity contribution in [3.63, 3.8) is 0 Å². The highest BCUT2D eigenvalue weighted by Gasteiger charge is 2.40.